The molecule has 0 atom stereocenters. The zero-order valence-electron chi connectivity index (χ0n) is 14.4. The van der Waals surface area contributed by atoms with Crippen LogP contribution >= 0.6 is 0 Å². The number of esters is 1. The fourth-order valence-corrected chi connectivity index (χ4v) is 3.30. The Morgan fingerprint density at radius 2 is 1.92 bits per heavy atom. The number of para-hydroxylation sites is 2. The Hall–Kier alpha value is -3.34. The Balaban J connectivity index is 1.80. The highest BCUT2D eigenvalue weighted by Gasteiger charge is 2.24. The third kappa shape index (κ3) is 2.77. The zero-order chi connectivity index (χ0) is 18.1. The number of nitrogens with one attached hydrogen (secondary N) is 1. The van der Waals surface area contributed by atoms with Gasteiger partial charge in [-0.15, -0.1) is 0 Å². The van der Waals surface area contributed by atoms with E-state index in [2.05, 4.69) is 5.32 Å². The van der Waals surface area contributed by atoms with E-state index in [4.69, 9.17) is 4.74 Å². The fraction of sp³-hybridized carbons (Fsp3) is 0.143. The van der Waals surface area contributed by atoms with Crippen LogP contribution < -0.4 is 5.32 Å². The summed E-state index contributed by atoms with van der Waals surface area (Å²) in [7, 11) is 0. The number of nitrogens with zero attached hydrogens (tertiary/aromatic N) is 1. The van der Waals surface area contributed by atoms with Gasteiger partial charge in [-0.2, -0.15) is 0 Å². The van der Waals surface area contributed by atoms with Gasteiger partial charge in [0.2, 0.25) is 0 Å². The number of aromatic nitrogens is 1. The molecule has 26 heavy (non-hydrogen) atoms. The van der Waals surface area contributed by atoms with E-state index in [0.29, 0.717) is 12.2 Å². The molecule has 0 unspecified atom stereocenters. The molecule has 5 nitrogen and oxygen atoms in total. The van der Waals surface area contributed by atoms with E-state index in [9.17, 15) is 9.59 Å². The number of rotatable bonds is 4. The summed E-state index contributed by atoms with van der Waals surface area (Å²) in [4.78, 5) is 24.3. The molecular weight excluding hydrogens is 328 g/mol. The van der Waals surface area contributed by atoms with E-state index in [1.807, 2.05) is 65.4 Å². The fourth-order valence-electron chi connectivity index (χ4n) is 3.30. The van der Waals surface area contributed by atoms with Crippen molar-refractivity contribution in [3.05, 3.63) is 65.9 Å². The first-order valence-electron chi connectivity index (χ1n) is 8.53. The number of fused-ring (bicyclic) bond motifs is 2. The summed E-state index contributed by atoms with van der Waals surface area (Å²) in [6.07, 6.45) is 3.77. The summed E-state index contributed by atoms with van der Waals surface area (Å²) in [6.45, 7) is 2.28. The Labute approximate surface area is 150 Å². The molecule has 1 aliphatic heterocycles. The van der Waals surface area contributed by atoms with Crippen molar-refractivity contribution in [1.29, 1.82) is 0 Å². The Bertz CT molecular complexity index is 1050. The molecule has 0 aliphatic carbocycles. The molecule has 0 saturated heterocycles. The van der Waals surface area contributed by atoms with Crippen molar-refractivity contribution < 1.29 is 14.3 Å². The maximum absolute atomic E-state index is 12.4. The first-order valence-corrected chi connectivity index (χ1v) is 8.53. The number of carbonyl (C=O) groups is 2. The van der Waals surface area contributed by atoms with Crippen molar-refractivity contribution in [2.75, 3.05) is 11.9 Å². The Kier molecular flexibility index (Phi) is 4.05. The van der Waals surface area contributed by atoms with Crippen LogP contribution in [0.25, 0.3) is 22.6 Å². The number of hydrogen-bond donors (Lipinski definition) is 1. The number of carbonyl (C=O) groups excluding carboxylic acids is 2. The van der Waals surface area contributed by atoms with Gasteiger partial charge in [-0.25, -0.2) is 0 Å². The van der Waals surface area contributed by atoms with Crippen LogP contribution in [0.3, 0.4) is 0 Å². The average Bonchev–Trinajstić information content (AvgIpc) is 3.14. The van der Waals surface area contributed by atoms with Gasteiger partial charge in [0.25, 0.3) is 5.91 Å². The third-order valence-electron chi connectivity index (χ3n) is 4.43. The van der Waals surface area contributed by atoms with E-state index in [1.165, 1.54) is 0 Å². The number of anilines is 1. The minimum atomic E-state index is -0.281. The van der Waals surface area contributed by atoms with Crippen molar-refractivity contribution in [2.24, 2.45) is 0 Å². The zero-order valence-corrected chi connectivity index (χ0v) is 14.4. The van der Waals surface area contributed by atoms with Crippen LogP contribution in [0.15, 0.2) is 54.7 Å². The quantitative estimate of drug-likeness (QED) is 0.579. The second-order valence-electron chi connectivity index (χ2n) is 6.09. The summed E-state index contributed by atoms with van der Waals surface area (Å²) >= 11 is 0. The molecule has 1 aliphatic rings. The maximum Gasteiger partial charge on any atom is 0.325 e. The highest BCUT2D eigenvalue weighted by atomic mass is 16.5. The lowest BCUT2D eigenvalue weighted by Gasteiger charge is -2.04. The van der Waals surface area contributed by atoms with Crippen LogP contribution in [0, 0.1) is 0 Å². The molecule has 3 aromatic rings. The third-order valence-corrected chi connectivity index (χ3v) is 4.43. The Morgan fingerprint density at radius 3 is 2.77 bits per heavy atom. The average molecular weight is 346 g/mol. The number of amides is 1. The molecule has 5 heteroatoms. The molecule has 0 radical (unpaired) electrons. The Morgan fingerprint density at radius 1 is 1.15 bits per heavy atom. The molecule has 0 bridgehead atoms. The van der Waals surface area contributed by atoms with Gasteiger partial charge in [0.1, 0.15) is 6.54 Å². The molecule has 0 fully saturated rings. The van der Waals surface area contributed by atoms with Gasteiger partial charge in [0.15, 0.2) is 0 Å². The van der Waals surface area contributed by atoms with Crippen LogP contribution in [-0.2, 0) is 20.9 Å². The van der Waals surface area contributed by atoms with Gasteiger partial charge in [-0.05, 0) is 25.1 Å². The van der Waals surface area contributed by atoms with Crippen molar-refractivity contribution in [1.82, 2.24) is 4.57 Å². The number of ether oxygens (including phenoxy) is 1. The molecule has 130 valence electrons. The minimum Gasteiger partial charge on any atom is -0.465 e. The molecule has 4 rings (SSSR count). The maximum atomic E-state index is 12.4. The predicted octanol–water partition coefficient (Wildman–Crippen LogP) is 3.70. The van der Waals surface area contributed by atoms with Crippen LogP contribution in [0.5, 0.6) is 0 Å². The lowest BCUT2D eigenvalue weighted by atomic mass is 10.0. The van der Waals surface area contributed by atoms with Gasteiger partial charge >= 0.3 is 5.97 Å². The van der Waals surface area contributed by atoms with Gasteiger partial charge in [0.05, 0.1) is 6.61 Å². The van der Waals surface area contributed by atoms with Crippen molar-refractivity contribution >= 4 is 40.1 Å². The second-order valence-corrected chi connectivity index (χ2v) is 6.09. The van der Waals surface area contributed by atoms with Gasteiger partial charge in [0, 0.05) is 39.5 Å². The minimum absolute atomic E-state index is 0.117. The summed E-state index contributed by atoms with van der Waals surface area (Å²) in [5.74, 6) is -0.398. The SMILES string of the molecule is CCOC(=O)Cn1cc(/C=C2\C(=O)Nc3ccccc32)c2ccccc21. The molecule has 2 heterocycles. The van der Waals surface area contributed by atoms with E-state index >= 15 is 0 Å². The largest absolute Gasteiger partial charge is 0.465 e. The van der Waals surface area contributed by atoms with Crippen LogP contribution in [0.1, 0.15) is 18.1 Å². The molecule has 0 saturated carbocycles. The number of hydrogen-bond acceptors (Lipinski definition) is 3. The highest BCUT2D eigenvalue weighted by molar-refractivity contribution is 6.35. The van der Waals surface area contributed by atoms with Gasteiger partial charge < -0.3 is 14.6 Å². The smallest absolute Gasteiger partial charge is 0.325 e. The molecule has 1 amide bonds. The summed E-state index contributed by atoms with van der Waals surface area (Å²) in [5.41, 5.74) is 4.16. The van der Waals surface area contributed by atoms with Crippen molar-refractivity contribution in [3.63, 3.8) is 0 Å². The number of benzene rings is 2. The predicted molar refractivity (Wildman–Crippen MR) is 102 cm³/mol. The van der Waals surface area contributed by atoms with Crippen LogP contribution in [-0.4, -0.2) is 23.1 Å². The van der Waals surface area contributed by atoms with Crippen molar-refractivity contribution in [3.8, 4) is 0 Å². The summed E-state index contributed by atoms with van der Waals surface area (Å²) in [5, 5.41) is 3.87. The topological polar surface area (TPSA) is 60.3 Å². The van der Waals surface area contributed by atoms with Crippen molar-refractivity contribution in [2.45, 2.75) is 13.5 Å². The van der Waals surface area contributed by atoms with Gasteiger partial charge in [-0.1, -0.05) is 36.4 Å². The molecule has 1 N–H and O–H groups in total. The van der Waals surface area contributed by atoms with E-state index < -0.39 is 0 Å². The molecule has 1 aromatic heterocycles. The van der Waals surface area contributed by atoms with Crippen LogP contribution in [0.4, 0.5) is 5.69 Å². The molecule has 2 aromatic carbocycles. The highest BCUT2D eigenvalue weighted by Crippen LogP contribution is 2.34. The first-order chi connectivity index (χ1) is 12.7. The molecular formula is C21H18N2O3. The van der Waals surface area contributed by atoms with Gasteiger partial charge in [-0.3, -0.25) is 9.59 Å². The summed E-state index contributed by atoms with van der Waals surface area (Å²) < 4.78 is 6.92. The van der Waals surface area contributed by atoms with E-state index in [0.717, 1.165) is 27.7 Å². The van der Waals surface area contributed by atoms with Crippen LogP contribution in [0.2, 0.25) is 0 Å². The monoisotopic (exact) mass is 346 g/mol. The summed E-state index contributed by atoms with van der Waals surface area (Å²) in [6, 6.07) is 15.4. The first kappa shape index (κ1) is 16.1. The standard InChI is InChI=1S/C21H18N2O3/c1-2-26-20(24)13-23-12-14(15-7-4-6-10-19(15)23)11-17-16-8-3-5-9-18(16)22-21(17)25/h3-12H,2,13H2,1H3,(H,22,25)/b17-11-. The van der Waals surface area contributed by atoms with E-state index in [1.54, 1.807) is 6.92 Å². The molecule has 0 spiro atoms. The van der Waals surface area contributed by atoms with E-state index in [-0.39, 0.29) is 18.4 Å². The lowest BCUT2D eigenvalue weighted by Crippen LogP contribution is -2.12. The second kappa shape index (κ2) is 6.52. The normalized spacial score (nSPS) is 14.5. The lowest BCUT2D eigenvalue weighted by molar-refractivity contribution is -0.143.